The molecular formula is C20H25ClN4. The number of nitrogens with one attached hydrogen (secondary N) is 2. The fourth-order valence-corrected chi connectivity index (χ4v) is 3.65. The van der Waals surface area contributed by atoms with Crippen LogP contribution in [0.2, 0.25) is 5.02 Å². The van der Waals surface area contributed by atoms with Gasteiger partial charge >= 0.3 is 0 Å². The molecule has 5 heteroatoms. The predicted octanol–water partition coefficient (Wildman–Crippen LogP) is 5.80. The zero-order chi connectivity index (χ0) is 17.2. The Hall–Kier alpha value is -1.81. The Bertz CT molecular complexity index is 751. The summed E-state index contributed by atoms with van der Waals surface area (Å²) in [5.41, 5.74) is 3.30. The molecule has 0 aliphatic heterocycles. The lowest BCUT2D eigenvalue weighted by atomic mass is 9.96. The summed E-state index contributed by atoms with van der Waals surface area (Å²) in [6.07, 6.45) is 8.84. The van der Waals surface area contributed by atoms with Crippen molar-refractivity contribution in [2.75, 3.05) is 10.6 Å². The number of rotatable bonds is 5. The van der Waals surface area contributed by atoms with Gasteiger partial charge in [-0.15, -0.1) is 0 Å². The molecule has 4 nitrogen and oxygen atoms in total. The molecule has 2 aromatic rings. The largest absolute Gasteiger partial charge is 0.351 e. The van der Waals surface area contributed by atoms with Gasteiger partial charge in [-0.1, -0.05) is 36.9 Å². The normalized spacial score (nSPS) is 18.2. The molecule has 2 aliphatic carbocycles. The Morgan fingerprint density at radius 2 is 1.80 bits per heavy atom. The molecule has 0 saturated heterocycles. The van der Waals surface area contributed by atoms with Gasteiger partial charge in [0.15, 0.2) is 0 Å². The minimum absolute atomic E-state index is 0.504. The second-order valence-corrected chi connectivity index (χ2v) is 7.78. The van der Waals surface area contributed by atoms with Crippen molar-refractivity contribution in [2.24, 2.45) is 0 Å². The lowest BCUT2D eigenvalue weighted by Gasteiger charge is -2.23. The van der Waals surface area contributed by atoms with Crippen LogP contribution in [0.15, 0.2) is 24.3 Å². The quantitative estimate of drug-likeness (QED) is 0.710. The number of halogens is 1. The van der Waals surface area contributed by atoms with Crippen LogP contribution >= 0.6 is 11.6 Å². The summed E-state index contributed by atoms with van der Waals surface area (Å²) in [6.45, 7) is 2.07. The number of aromatic nitrogens is 2. The van der Waals surface area contributed by atoms with Crippen molar-refractivity contribution in [1.29, 1.82) is 0 Å². The maximum absolute atomic E-state index is 6.15. The van der Waals surface area contributed by atoms with Crippen LogP contribution in [0, 0.1) is 6.92 Å². The van der Waals surface area contributed by atoms with Gasteiger partial charge in [0.05, 0.1) is 5.69 Å². The summed E-state index contributed by atoms with van der Waals surface area (Å²) in [5.74, 6) is 2.20. The van der Waals surface area contributed by atoms with E-state index in [1.807, 2.05) is 18.2 Å². The van der Waals surface area contributed by atoms with E-state index in [0.717, 1.165) is 33.7 Å². The first-order valence-electron chi connectivity index (χ1n) is 9.36. The maximum atomic E-state index is 6.15. The Morgan fingerprint density at radius 3 is 2.56 bits per heavy atom. The van der Waals surface area contributed by atoms with Crippen molar-refractivity contribution in [1.82, 2.24) is 9.97 Å². The molecule has 25 heavy (non-hydrogen) atoms. The zero-order valence-electron chi connectivity index (χ0n) is 14.7. The first-order valence-corrected chi connectivity index (χ1v) is 9.74. The molecule has 1 aromatic heterocycles. The van der Waals surface area contributed by atoms with Gasteiger partial charge in [-0.2, -0.15) is 4.98 Å². The van der Waals surface area contributed by atoms with Crippen LogP contribution in [0.4, 0.5) is 17.5 Å². The maximum Gasteiger partial charge on any atom is 0.225 e. The molecule has 0 bridgehead atoms. The predicted molar refractivity (Wildman–Crippen MR) is 104 cm³/mol. The molecule has 0 radical (unpaired) electrons. The third-order valence-electron chi connectivity index (χ3n) is 5.14. The number of benzene rings is 1. The smallest absolute Gasteiger partial charge is 0.225 e. The molecule has 0 atom stereocenters. The number of anilines is 3. The zero-order valence-corrected chi connectivity index (χ0v) is 15.4. The molecule has 0 amide bonds. The fraction of sp³-hybridized carbons (Fsp3) is 0.500. The number of aryl methyl sites for hydroxylation is 1. The summed E-state index contributed by atoms with van der Waals surface area (Å²) in [6, 6.07) is 8.47. The van der Waals surface area contributed by atoms with Gasteiger partial charge in [-0.05, 0) is 50.3 Å². The average molecular weight is 357 g/mol. The van der Waals surface area contributed by atoms with Gasteiger partial charge in [0, 0.05) is 28.7 Å². The summed E-state index contributed by atoms with van der Waals surface area (Å²) >= 11 is 6.15. The van der Waals surface area contributed by atoms with Crippen LogP contribution in [0.5, 0.6) is 0 Å². The van der Waals surface area contributed by atoms with E-state index in [-0.39, 0.29) is 0 Å². The molecule has 2 aliphatic rings. The molecular weight excluding hydrogens is 332 g/mol. The molecule has 2 fully saturated rings. The number of hydrogen-bond acceptors (Lipinski definition) is 4. The van der Waals surface area contributed by atoms with E-state index in [0.29, 0.717) is 12.0 Å². The Kier molecular flexibility index (Phi) is 4.80. The van der Waals surface area contributed by atoms with E-state index in [1.54, 1.807) is 0 Å². The molecule has 2 N–H and O–H groups in total. The Morgan fingerprint density at radius 1 is 1.00 bits per heavy atom. The highest BCUT2D eigenvalue weighted by Crippen LogP contribution is 2.40. The minimum Gasteiger partial charge on any atom is -0.351 e. The number of nitrogens with zero attached hydrogens (tertiary/aromatic N) is 2. The van der Waals surface area contributed by atoms with Crippen LogP contribution in [-0.2, 0) is 0 Å². The number of hydrogen-bond donors (Lipinski definition) is 2. The van der Waals surface area contributed by atoms with Crippen molar-refractivity contribution in [3.63, 3.8) is 0 Å². The third-order valence-corrected chi connectivity index (χ3v) is 5.38. The van der Waals surface area contributed by atoms with E-state index in [2.05, 4.69) is 23.6 Å². The summed E-state index contributed by atoms with van der Waals surface area (Å²) in [5, 5.41) is 7.73. The van der Waals surface area contributed by atoms with Gasteiger partial charge in [0.25, 0.3) is 0 Å². The van der Waals surface area contributed by atoms with Gasteiger partial charge in [0.2, 0.25) is 5.95 Å². The van der Waals surface area contributed by atoms with Gasteiger partial charge in [-0.3, -0.25) is 0 Å². The molecule has 0 spiro atoms. The van der Waals surface area contributed by atoms with Crippen molar-refractivity contribution < 1.29 is 0 Å². The monoisotopic (exact) mass is 356 g/mol. The molecule has 1 aromatic carbocycles. The van der Waals surface area contributed by atoms with Crippen LogP contribution in [0.25, 0.3) is 0 Å². The highest BCUT2D eigenvalue weighted by Gasteiger charge is 2.26. The molecule has 0 unspecified atom stereocenters. The van der Waals surface area contributed by atoms with E-state index in [1.165, 1.54) is 44.9 Å². The molecule has 1 heterocycles. The summed E-state index contributed by atoms with van der Waals surface area (Å²) in [7, 11) is 0. The molecule has 132 valence electrons. The second kappa shape index (κ2) is 7.20. The highest BCUT2D eigenvalue weighted by atomic mass is 35.5. The van der Waals surface area contributed by atoms with Crippen molar-refractivity contribution >= 4 is 29.1 Å². The van der Waals surface area contributed by atoms with Crippen molar-refractivity contribution in [2.45, 2.75) is 63.8 Å². The fourth-order valence-electron chi connectivity index (χ4n) is 3.48. The lowest BCUT2D eigenvalue weighted by molar-refractivity contribution is 0.460. The lowest BCUT2D eigenvalue weighted by Crippen LogP contribution is -2.23. The molecule has 4 rings (SSSR count). The van der Waals surface area contributed by atoms with E-state index in [9.17, 15) is 0 Å². The van der Waals surface area contributed by atoms with E-state index >= 15 is 0 Å². The third kappa shape index (κ3) is 4.24. The van der Waals surface area contributed by atoms with Crippen LogP contribution in [0.1, 0.15) is 62.1 Å². The summed E-state index contributed by atoms with van der Waals surface area (Å²) in [4.78, 5) is 9.51. The Balaban J connectivity index is 1.58. The van der Waals surface area contributed by atoms with Crippen LogP contribution < -0.4 is 10.6 Å². The van der Waals surface area contributed by atoms with Gasteiger partial charge in [0.1, 0.15) is 5.82 Å². The first-order chi connectivity index (χ1) is 12.2. The highest BCUT2D eigenvalue weighted by molar-refractivity contribution is 6.30. The van der Waals surface area contributed by atoms with Crippen molar-refractivity contribution in [3.05, 3.63) is 40.5 Å². The molecule has 2 saturated carbocycles. The van der Waals surface area contributed by atoms with Crippen LogP contribution in [0.3, 0.4) is 0 Å². The standard InChI is InChI=1S/C20H25ClN4/c1-13-7-10-15(21)11-17(13)23-19-12-18(14-8-9-14)24-20(25-19)22-16-5-3-2-4-6-16/h7,10-12,14,16H,2-6,8-9H2,1H3,(H2,22,23,24,25). The first kappa shape index (κ1) is 16.6. The van der Waals surface area contributed by atoms with E-state index < -0.39 is 0 Å². The van der Waals surface area contributed by atoms with Crippen molar-refractivity contribution in [3.8, 4) is 0 Å². The van der Waals surface area contributed by atoms with E-state index in [4.69, 9.17) is 21.6 Å². The minimum atomic E-state index is 0.504. The van der Waals surface area contributed by atoms with Gasteiger partial charge < -0.3 is 10.6 Å². The summed E-state index contributed by atoms with van der Waals surface area (Å²) < 4.78 is 0. The van der Waals surface area contributed by atoms with Gasteiger partial charge in [-0.25, -0.2) is 4.98 Å². The average Bonchev–Trinajstić information content (AvgIpc) is 3.44. The Labute approximate surface area is 154 Å². The van der Waals surface area contributed by atoms with Crippen LogP contribution in [-0.4, -0.2) is 16.0 Å². The second-order valence-electron chi connectivity index (χ2n) is 7.34. The topological polar surface area (TPSA) is 49.8 Å². The SMILES string of the molecule is Cc1ccc(Cl)cc1Nc1cc(C2CC2)nc(NC2CCCCC2)n1.